The number of aromatic nitrogens is 1. The largest absolute Gasteiger partial charge is 0.248 e. The van der Waals surface area contributed by atoms with E-state index in [-0.39, 0.29) is 0 Å². The predicted molar refractivity (Wildman–Crippen MR) is 282 cm³/mol. The molecule has 0 bridgehead atoms. The molecule has 1 aromatic heterocycles. The predicted octanol–water partition coefficient (Wildman–Crippen LogP) is 18.0. The molecule has 0 aliphatic carbocycles. The standard InChI is InChI=1S/C65H41N/c1-2-15-49(16-3-1)62-41-59(65-55-19-9-8-14-47(55)35-37-61(65)66-62)48-30-26-45(27-31-48)44-22-24-46(25-23-44)52-34-36-58-60(40-52)64(54-33-29-43-13-5-7-18-51(43)39-54)57-21-11-10-20-56(57)63(58)53-32-28-42-12-4-6-17-50(42)38-53/h1-41H. The van der Waals surface area contributed by atoms with Crippen molar-refractivity contribution in [2.24, 2.45) is 0 Å². The molecule has 13 rings (SSSR count). The maximum atomic E-state index is 5.17. The number of nitrogens with zero attached hydrogens (tertiary/aromatic N) is 1. The summed E-state index contributed by atoms with van der Waals surface area (Å²) in [4.78, 5) is 5.17. The Morgan fingerprint density at radius 2 is 0.667 bits per heavy atom. The van der Waals surface area contributed by atoms with Crippen LogP contribution in [0.15, 0.2) is 249 Å². The van der Waals surface area contributed by atoms with Crippen molar-refractivity contribution in [3.63, 3.8) is 0 Å². The minimum absolute atomic E-state index is 0.976. The topological polar surface area (TPSA) is 12.9 Å². The van der Waals surface area contributed by atoms with Crippen LogP contribution in [0.5, 0.6) is 0 Å². The summed E-state index contributed by atoms with van der Waals surface area (Å²) < 4.78 is 0. The normalized spacial score (nSPS) is 11.6. The fraction of sp³-hybridized carbons (Fsp3) is 0. The second-order valence-electron chi connectivity index (χ2n) is 17.4. The molecule has 0 spiro atoms. The molecule has 0 saturated carbocycles. The Morgan fingerprint density at radius 1 is 0.227 bits per heavy atom. The number of pyridine rings is 1. The monoisotopic (exact) mass is 835 g/mol. The minimum atomic E-state index is 0.976. The maximum Gasteiger partial charge on any atom is 0.0722 e. The summed E-state index contributed by atoms with van der Waals surface area (Å²) in [5, 5.41) is 13.6. The summed E-state index contributed by atoms with van der Waals surface area (Å²) >= 11 is 0. The van der Waals surface area contributed by atoms with Gasteiger partial charge in [0.1, 0.15) is 0 Å². The molecule has 0 saturated heterocycles. The van der Waals surface area contributed by atoms with Crippen LogP contribution in [-0.2, 0) is 0 Å². The van der Waals surface area contributed by atoms with Gasteiger partial charge in [-0.15, -0.1) is 0 Å². The third-order valence-electron chi connectivity index (χ3n) is 13.6. The molecule has 0 fully saturated rings. The lowest BCUT2D eigenvalue weighted by atomic mass is 9.84. The maximum absolute atomic E-state index is 5.17. The Hall–Kier alpha value is -8.65. The first-order valence-electron chi connectivity index (χ1n) is 22.8. The molecule has 13 aromatic rings. The van der Waals surface area contributed by atoms with Crippen molar-refractivity contribution >= 4 is 64.8 Å². The van der Waals surface area contributed by atoms with Gasteiger partial charge in [-0.05, 0) is 140 Å². The van der Waals surface area contributed by atoms with Crippen LogP contribution in [0.3, 0.4) is 0 Å². The Balaban J connectivity index is 0.921. The van der Waals surface area contributed by atoms with Crippen molar-refractivity contribution in [1.29, 1.82) is 0 Å². The van der Waals surface area contributed by atoms with Gasteiger partial charge in [0.25, 0.3) is 0 Å². The van der Waals surface area contributed by atoms with Gasteiger partial charge < -0.3 is 0 Å². The highest BCUT2D eigenvalue weighted by Gasteiger charge is 2.19. The molecule has 0 aliphatic heterocycles. The zero-order chi connectivity index (χ0) is 43.6. The van der Waals surface area contributed by atoms with E-state index in [2.05, 4.69) is 249 Å². The van der Waals surface area contributed by atoms with Crippen LogP contribution in [0.2, 0.25) is 0 Å². The summed E-state index contributed by atoms with van der Waals surface area (Å²) in [6.45, 7) is 0. The van der Waals surface area contributed by atoms with E-state index < -0.39 is 0 Å². The van der Waals surface area contributed by atoms with Gasteiger partial charge in [0, 0.05) is 10.9 Å². The van der Waals surface area contributed by atoms with Gasteiger partial charge in [-0.1, -0.05) is 218 Å². The smallest absolute Gasteiger partial charge is 0.0722 e. The third kappa shape index (κ3) is 6.44. The van der Waals surface area contributed by atoms with Crippen molar-refractivity contribution in [2.45, 2.75) is 0 Å². The van der Waals surface area contributed by atoms with Gasteiger partial charge in [-0.3, -0.25) is 0 Å². The number of rotatable bonds is 6. The van der Waals surface area contributed by atoms with Crippen molar-refractivity contribution in [3.05, 3.63) is 249 Å². The zero-order valence-corrected chi connectivity index (χ0v) is 36.1. The van der Waals surface area contributed by atoms with E-state index in [1.807, 2.05) is 0 Å². The average molecular weight is 836 g/mol. The summed E-state index contributed by atoms with van der Waals surface area (Å²) in [6, 6.07) is 91.1. The fourth-order valence-electron chi connectivity index (χ4n) is 10.4. The van der Waals surface area contributed by atoms with Gasteiger partial charge in [-0.25, -0.2) is 4.98 Å². The van der Waals surface area contributed by atoms with E-state index in [1.165, 1.54) is 115 Å². The molecule has 0 N–H and O–H groups in total. The lowest BCUT2D eigenvalue weighted by Crippen LogP contribution is -1.92. The summed E-state index contributed by atoms with van der Waals surface area (Å²) in [5.74, 6) is 0. The minimum Gasteiger partial charge on any atom is -0.248 e. The first-order chi connectivity index (χ1) is 32.7. The molecule has 1 heteroatoms. The highest BCUT2D eigenvalue weighted by molar-refractivity contribution is 6.23. The fourth-order valence-corrected chi connectivity index (χ4v) is 10.4. The molecule has 0 unspecified atom stereocenters. The van der Waals surface area contributed by atoms with Crippen LogP contribution in [-0.4, -0.2) is 4.98 Å². The van der Waals surface area contributed by atoms with Crippen LogP contribution >= 0.6 is 0 Å². The van der Waals surface area contributed by atoms with E-state index in [0.717, 1.165) is 16.8 Å². The van der Waals surface area contributed by atoms with E-state index in [0.29, 0.717) is 0 Å². The lowest BCUT2D eigenvalue weighted by molar-refractivity contribution is 1.40. The number of hydrogen-bond acceptors (Lipinski definition) is 1. The first-order valence-corrected chi connectivity index (χ1v) is 22.8. The molecule has 12 aromatic carbocycles. The lowest BCUT2D eigenvalue weighted by Gasteiger charge is -2.19. The molecule has 0 amide bonds. The SMILES string of the molecule is c1ccc(-c2cc(-c3ccc(-c4ccc(-c5ccc6c(-c7ccc8ccccc8c7)c7ccccc7c(-c7ccc8ccccc8c7)c6c5)cc4)cc3)c3c(ccc4ccccc43)n2)cc1. The third-order valence-corrected chi connectivity index (χ3v) is 13.6. The highest BCUT2D eigenvalue weighted by atomic mass is 14.7. The molecule has 1 nitrogen and oxygen atoms in total. The van der Waals surface area contributed by atoms with Crippen molar-refractivity contribution < 1.29 is 0 Å². The van der Waals surface area contributed by atoms with Crippen LogP contribution in [0.1, 0.15) is 0 Å². The summed E-state index contributed by atoms with van der Waals surface area (Å²) in [7, 11) is 0. The van der Waals surface area contributed by atoms with Crippen molar-refractivity contribution in [1.82, 2.24) is 4.98 Å². The molecule has 1 heterocycles. The Morgan fingerprint density at radius 3 is 1.29 bits per heavy atom. The molecular formula is C65H41N. The first kappa shape index (κ1) is 37.9. The zero-order valence-electron chi connectivity index (χ0n) is 36.1. The highest BCUT2D eigenvalue weighted by Crippen LogP contribution is 2.46. The second kappa shape index (κ2) is 15.6. The van der Waals surface area contributed by atoms with E-state index in [4.69, 9.17) is 4.98 Å². The Labute approximate surface area is 383 Å². The van der Waals surface area contributed by atoms with Crippen LogP contribution in [0.4, 0.5) is 0 Å². The molecular weight excluding hydrogens is 795 g/mol. The number of benzene rings is 12. The Bertz CT molecular complexity index is 4010. The molecule has 66 heavy (non-hydrogen) atoms. The van der Waals surface area contributed by atoms with Gasteiger partial charge in [0.05, 0.1) is 11.2 Å². The Kier molecular flexibility index (Phi) is 8.92. The van der Waals surface area contributed by atoms with Gasteiger partial charge in [-0.2, -0.15) is 0 Å². The van der Waals surface area contributed by atoms with E-state index in [9.17, 15) is 0 Å². The van der Waals surface area contributed by atoms with E-state index >= 15 is 0 Å². The summed E-state index contributed by atoms with van der Waals surface area (Å²) in [5.41, 5.74) is 15.2. The van der Waals surface area contributed by atoms with Crippen LogP contribution in [0, 0.1) is 0 Å². The summed E-state index contributed by atoms with van der Waals surface area (Å²) in [6.07, 6.45) is 0. The molecule has 0 aliphatic rings. The number of hydrogen-bond donors (Lipinski definition) is 0. The molecule has 0 radical (unpaired) electrons. The second-order valence-corrected chi connectivity index (χ2v) is 17.4. The molecule has 306 valence electrons. The van der Waals surface area contributed by atoms with Crippen molar-refractivity contribution in [3.8, 4) is 66.9 Å². The average Bonchev–Trinajstić information content (AvgIpc) is 3.39. The quantitative estimate of drug-likeness (QED) is 0.120. The van der Waals surface area contributed by atoms with Gasteiger partial charge in [0.2, 0.25) is 0 Å². The van der Waals surface area contributed by atoms with Crippen LogP contribution in [0.25, 0.3) is 132 Å². The number of fused-ring (bicyclic) bond motifs is 7. The van der Waals surface area contributed by atoms with Gasteiger partial charge in [0.15, 0.2) is 0 Å². The van der Waals surface area contributed by atoms with Crippen LogP contribution < -0.4 is 0 Å². The van der Waals surface area contributed by atoms with Crippen molar-refractivity contribution in [2.75, 3.05) is 0 Å². The van der Waals surface area contributed by atoms with Gasteiger partial charge >= 0.3 is 0 Å². The van der Waals surface area contributed by atoms with E-state index in [1.54, 1.807) is 0 Å². The molecule has 0 atom stereocenters.